The molecule has 1 amide bonds. The molecule has 1 aliphatic carbocycles. The summed E-state index contributed by atoms with van der Waals surface area (Å²) in [4.78, 5) is 12.0. The largest absolute Gasteiger partial charge is 0.382 e. The topological polar surface area (TPSA) is 47.6 Å². The molecule has 0 bridgehead atoms. The van der Waals surface area contributed by atoms with Crippen molar-refractivity contribution in [1.82, 2.24) is 5.32 Å². The van der Waals surface area contributed by atoms with Gasteiger partial charge in [0, 0.05) is 26.7 Å². The van der Waals surface area contributed by atoms with Gasteiger partial charge in [0.2, 0.25) is 5.91 Å². The van der Waals surface area contributed by atoms with Crippen LogP contribution in [0, 0.1) is 5.92 Å². The zero-order chi connectivity index (χ0) is 12.7. The monoisotopic (exact) mass is 243 g/mol. The lowest BCUT2D eigenvalue weighted by Crippen LogP contribution is -2.47. The molecule has 100 valence electrons. The zero-order valence-corrected chi connectivity index (χ0v) is 11.3. The maximum absolute atomic E-state index is 12.0. The Balaban J connectivity index is 2.35. The number of rotatable bonds is 6. The molecule has 0 aromatic rings. The van der Waals surface area contributed by atoms with Gasteiger partial charge in [-0.05, 0) is 19.8 Å². The number of carbonyl (C=O) groups excluding carboxylic acids is 1. The van der Waals surface area contributed by atoms with Crippen molar-refractivity contribution in [3.63, 3.8) is 0 Å². The van der Waals surface area contributed by atoms with E-state index in [1.807, 2.05) is 6.92 Å². The number of methoxy groups -OCH3 is 2. The lowest BCUT2D eigenvalue weighted by atomic mass is 9.88. The van der Waals surface area contributed by atoms with Gasteiger partial charge >= 0.3 is 0 Å². The van der Waals surface area contributed by atoms with E-state index < -0.39 is 5.60 Å². The molecule has 1 atom stereocenters. The number of hydrogen-bond acceptors (Lipinski definition) is 3. The van der Waals surface area contributed by atoms with Crippen LogP contribution in [0.2, 0.25) is 0 Å². The van der Waals surface area contributed by atoms with E-state index in [1.54, 1.807) is 14.2 Å². The molecule has 0 unspecified atom stereocenters. The Labute approximate surface area is 104 Å². The summed E-state index contributed by atoms with van der Waals surface area (Å²) in [5.41, 5.74) is -0.431. The second-order valence-electron chi connectivity index (χ2n) is 5.14. The molecule has 4 heteroatoms. The second kappa shape index (κ2) is 6.97. The van der Waals surface area contributed by atoms with Crippen molar-refractivity contribution in [3.8, 4) is 0 Å². The van der Waals surface area contributed by atoms with Gasteiger partial charge in [-0.15, -0.1) is 0 Å². The van der Waals surface area contributed by atoms with E-state index in [4.69, 9.17) is 9.47 Å². The van der Waals surface area contributed by atoms with Crippen LogP contribution in [0.5, 0.6) is 0 Å². The average molecular weight is 243 g/mol. The summed E-state index contributed by atoms with van der Waals surface area (Å²) >= 11 is 0. The summed E-state index contributed by atoms with van der Waals surface area (Å²) in [6.07, 6.45) is 5.68. The maximum Gasteiger partial charge on any atom is 0.223 e. The number of nitrogens with one attached hydrogen (secondary N) is 1. The van der Waals surface area contributed by atoms with Crippen LogP contribution in [-0.4, -0.2) is 38.9 Å². The first-order valence-corrected chi connectivity index (χ1v) is 6.43. The quantitative estimate of drug-likeness (QED) is 0.773. The Kier molecular flexibility index (Phi) is 5.92. The lowest BCUT2D eigenvalue weighted by molar-refractivity contribution is -0.128. The predicted octanol–water partition coefficient (Wildman–Crippen LogP) is 1.73. The number of amides is 1. The van der Waals surface area contributed by atoms with Crippen LogP contribution < -0.4 is 5.32 Å². The maximum atomic E-state index is 12.0. The number of ether oxygens (including phenoxy) is 2. The highest BCUT2D eigenvalue weighted by Gasteiger charge is 2.27. The fourth-order valence-electron chi connectivity index (χ4n) is 2.27. The first kappa shape index (κ1) is 14.5. The predicted molar refractivity (Wildman–Crippen MR) is 66.9 cm³/mol. The van der Waals surface area contributed by atoms with Crippen molar-refractivity contribution in [2.75, 3.05) is 27.4 Å². The van der Waals surface area contributed by atoms with Crippen LogP contribution in [0.3, 0.4) is 0 Å². The molecule has 0 aromatic heterocycles. The Hall–Kier alpha value is -0.610. The molecule has 0 heterocycles. The van der Waals surface area contributed by atoms with Crippen molar-refractivity contribution in [3.05, 3.63) is 0 Å². The van der Waals surface area contributed by atoms with E-state index in [9.17, 15) is 4.79 Å². The SMILES string of the molecule is COC[C@@](C)(CNC(=O)C1CCCCC1)OC. The Morgan fingerprint density at radius 2 is 1.94 bits per heavy atom. The zero-order valence-electron chi connectivity index (χ0n) is 11.3. The molecule has 1 rings (SSSR count). The number of hydrogen-bond donors (Lipinski definition) is 1. The van der Waals surface area contributed by atoms with E-state index in [0.717, 1.165) is 12.8 Å². The summed E-state index contributed by atoms with van der Waals surface area (Å²) in [7, 11) is 3.28. The van der Waals surface area contributed by atoms with Crippen LogP contribution in [0.15, 0.2) is 0 Å². The van der Waals surface area contributed by atoms with Gasteiger partial charge in [0.05, 0.1) is 6.61 Å². The fourth-order valence-corrected chi connectivity index (χ4v) is 2.27. The van der Waals surface area contributed by atoms with Gasteiger partial charge < -0.3 is 14.8 Å². The van der Waals surface area contributed by atoms with Gasteiger partial charge in [-0.3, -0.25) is 4.79 Å². The van der Waals surface area contributed by atoms with Crippen molar-refractivity contribution >= 4 is 5.91 Å². The van der Waals surface area contributed by atoms with E-state index >= 15 is 0 Å². The second-order valence-corrected chi connectivity index (χ2v) is 5.14. The third-order valence-electron chi connectivity index (χ3n) is 3.55. The van der Waals surface area contributed by atoms with Gasteiger partial charge in [0.1, 0.15) is 5.60 Å². The van der Waals surface area contributed by atoms with Crippen molar-refractivity contribution in [2.24, 2.45) is 5.92 Å². The third-order valence-corrected chi connectivity index (χ3v) is 3.55. The lowest BCUT2D eigenvalue weighted by Gasteiger charge is -2.29. The van der Waals surface area contributed by atoms with Crippen molar-refractivity contribution < 1.29 is 14.3 Å². The molecule has 0 aliphatic heterocycles. The molecule has 0 radical (unpaired) electrons. The smallest absolute Gasteiger partial charge is 0.223 e. The minimum atomic E-state index is -0.431. The summed E-state index contributed by atoms with van der Waals surface area (Å²) in [5, 5.41) is 2.98. The standard InChI is InChI=1S/C13H25NO3/c1-13(17-3,10-16-2)9-14-12(15)11-7-5-4-6-8-11/h11H,4-10H2,1-3H3,(H,14,15)/t13-/m1/s1. The first-order valence-electron chi connectivity index (χ1n) is 6.43. The summed E-state index contributed by atoms with van der Waals surface area (Å²) in [6, 6.07) is 0. The van der Waals surface area contributed by atoms with Crippen molar-refractivity contribution in [2.45, 2.75) is 44.6 Å². The van der Waals surface area contributed by atoms with E-state index in [2.05, 4.69) is 5.32 Å². The molecule has 1 saturated carbocycles. The van der Waals surface area contributed by atoms with Gasteiger partial charge in [0.15, 0.2) is 0 Å². The van der Waals surface area contributed by atoms with E-state index in [1.165, 1.54) is 19.3 Å². The van der Waals surface area contributed by atoms with Crippen LogP contribution >= 0.6 is 0 Å². The van der Waals surface area contributed by atoms with Crippen LogP contribution in [0.1, 0.15) is 39.0 Å². The van der Waals surface area contributed by atoms with E-state index in [-0.39, 0.29) is 11.8 Å². The van der Waals surface area contributed by atoms with Gasteiger partial charge in [0.25, 0.3) is 0 Å². The molecule has 1 N–H and O–H groups in total. The Morgan fingerprint density at radius 3 is 2.47 bits per heavy atom. The first-order chi connectivity index (χ1) is 8.11. The fraction of sp³-hybridized carbons (Fsp3) is 0.923. The molecular formula is C13H25NO3. The van der Waals surface area contributed by atoms with Gasteiger partial charge in [-0.25, -0.2) is 0 Å². The highest BCUT2D eigenvalue weighted by Crippen LogP contribution is 2.23. The number of carbonyl (C=O) groups is 1. The summed E-state index contributed by atoms with van der Waals surface area (Å²) in [5.74, 6) is 0.372. The van der Waals surface area contributed by atoms with Crippen LogP contribution in [0.4, 0.5) is 0 Å². The highest BCUT2D eigenvalue weighted by atomic mass is 16.5. The van der Waals surface area contributed by atoms with E-state index in [0.29, 0.717) is 13.2 Å². The molecule has 0 saturated heterocycles. The highest BCUT2D eigenvalue weighted by molar-refractivity contribution is 5.78. The Morgan fingerprint density at radius 1 is 1.29 bits per heavy atom. The minimum Gasteiger partial charge on any atom is -0.382 e. The Bertz CT molecular complexity index is 239. The molecule has 17 heavy (non-hydrogen) atoms. The minimum absolute atomic E-state index is 0.170. The van der Waals surface area contributed by atoms with Crippen LogP contribution in [0.25, 0.3) is 0 Å². The van der Waals surface area contributed by atoms with Crippen molar-refractivity contribution in [1.29, 1.82) is 0 Å². The molecular weight excluding hydrogens is 218 g/mol. The van der Waals surface area contributed by atoms with Gasteiger partial charge in [-0.1, -0.05) is 19.3 Å². The average Bonchev–Trinajstić information content (AvgIpc) is 2.37. The molecule has 0 spiro atoms. The third kappa shape index (κ3) is 4.64. The summed E-state index contributed by atoms with van der Waals surface area (Å²) < 4.78 is 10.5. The molecule has 1 aliphatic rings. The summed E-state index contributed by atoms with van der Waals surface area (Å²) in [6.45, 7) is 2.93. The molecule has 4 nitrogen and oxygen atoms in total. The van der Waals surface area contributed by atoms with Gasteiger partial charge in [-0.2, -0.15) is 0 Å². The molecule has 0 aromatic carbocycles. The normalized spacial score (nSPS) is 20.9. The molecule has 1 fully saturated rings. The van der Waals surface area contributed by atoms with Crippen LogP contribution in [-0.2, 0) is 14.3 Å².